The van der Waals surface area contributed by atoms with Crippen molar-refractivity contribution in [2.75, 3.05) is 11.9 Å². The maximum atomic E-state index is 11.7. The van der Waals surface area contributed by atoms with Crippen LogP contribution < -0.4 is 16.2 Å². The lowest BCUT2D eigenvalue weighted by Gasteiger charge is -2.08. The van der Waals surface area contributed by atoms with Crippen molar-refractivity contribution in [3.05, 3.63) is 46.9 Å². The molecule has 3 N–H and O–H groups in total. The number of aromatic amines is 1. The van der Waals surface area contributed by atoms with Gasteiger partial charge in [0.2, 0.25) is 0 Å². The standard InChI is InChI=1S/C16H20N4O2/c1-2-3-4-9-17-16(22)19-14-7-5-12(6-8-14)13-10-15(21)20-18-11-13/h5-8,10-11H,2-4,9H2,1H3,(H,20,21)(H2,17,19,22). The van der Waals surface area contributed by atoms with E-state index in [4.69, 9.17) is 0 Å². The number of aromatic nitrogens is 2. The summed E-state index contributed by atoms with van der Waals surface area (Å²) in [6, 6.07) is 8.54. The quantitative estimate of drug-likeness (QED) is 0.717. The van der Waals surface area contributed by atoms with Gasteiger partial charge in [0.05, 0.1) is 6.20 Å². The SMILES string of the molecule is CCCCCNC(=O)Nc1ccc(-c2cn[nH]c(=O)c2)cc1. The second kappa shape index (κ2) is 7.97. The van der Waals surface area contributed by atoms with Crippen LogP contribution in [0.3, 0.4) is 0 Å². The summed E-state index contributed by atoms with van der Waals surface area (Å²) < 4.78 is 0. The van der Waals surface area contributed by atoms with Gasteiger partial charge in [-0.15, -0.1) is 0 Å². The van der Waals surface area contributed by atoms with E-state index in [1.165, 1.54) is 6.07 Å². The lowest BCUT2D eigenvalue weighted by Crippen LogP contribution is -2.29. The molecule has 0 aliphatic rings. The van der Waals surface area contributed by atoms with E-state index in [1.54, 1.807) is 18.3 Å². The van der Waals surface area contributed by atoms with Gasteiger partial charge in [-0.1, -0.05) is 31.9 Å². The predicted molar refractivity (Wildman–Crippen MR) is 86.8 cm³/mol. The molecular weight excluding hydrogens is 280 g/mol. The Labute approximate surface area is 129 Å². The van der Waals surface area contributed by atoms with Gasteiger partial charge in [-0.05, 0) is 24.1 Å². The van der Waals surface area contributed by atoms with E-state index in [2.05, 4.69) is 27.8 Å². The number of anilines is 1. The zero-order chi connectivity index (χ0) is 15.8. The van der Waals surface area contributed by atoms with Crippen LogP contribution in [0.1, 0.15) is 26.2 Å². The van der Waals surface area contributed by atoms with Gasteiger partial charge < -0.3 is 10.6 Å². The molecule has 116 valence electrons. The fourth-order valence-corrected chi connectivity index (χ4v) is 2.03. The van der Waals surface area contributed by atoms with Gasteiger partial charge >= 0.3 is 6.03 Å². The number of unbranched alkanes of at least 4 members (excludes halogenated alkanes) is 2. The zero-order valence-corrected chi connectivity index (χ0v) is 12.6. The van der Waals surface area contributed by atoms with Crippen molar-refractivity contribution in [1.29, 1.82) is 0 Å². The van der Waals surface area contributed by atoms with Crippen LogP contribution in [0.2, 0.25) is 0 Å². The fourth-order valence-electron chi connectivity index (χ4n) is 2.03. The minimum atomic E-state index is -0.244. The summed E-state index contributed by atoms with van der Waals surface area (Å²) in [6.07, 6.45) is 4.81. The summed E-state index contributed by atoms with van der Waals surface area (Å²) in [5, 5.41) is 11.7. The van der Waals surface area contributed by atoms with Crippen molar-refractivity contribution in [2.24, 2.45) is 0 Å². The molecule has 0 saturated carbocycles. The molecule has 2 aromatic rings. The first-order chi connectivity index (χ1) is 10.7. The molecule has 2 amide bonds. The summed E-state index contributed by atoms with van der Waals surface area (Å²) in [5.74, 6) is 0. The average Bonchev–Trinajstić information content (AvgIpc) is 2.52. The number of hydrogen-bond donors (Lipinski definition) is 3. The van der Waals surface area contributed by atoms with Crippen molar-refractivity contribution in [3.63, 3.8) is 0 Å². The summed E-state index contributed by atoms with van der Waals surface area (Å²) in [5.41, 5.74) is 2.06. The first-order valence-electron chi connectivity index (χ1n) is 7.39. The number of rotatable bonds is 6. The van der Waals surface area contributed by atoms with E-state index >= 15 is 0 Å². The molecule has 0 radical (unpaired) electrons. The monoisotopic (exact) mass is 300 g/mol. The lowest BCUT2D eigenvalue weighted by molar-refractivity contribution is 0.252. The minimum Gasteiger partial charge on any atom is -0.338 e. The van der Waals surface area contributed by atoms with E-state index in [0.29, 0.717) is 12.2 Å². The topological polar surface area (TPSA) is 86.9 Å². The highest BCUT2D eigenvalue weighted by Crippen LogP contribution is 2.19. The van der Waals surface area contributed by atoms with E-state index in [0.717, 1.165) is 30.4 Å². The molecule has 6 nitrogen and oxygen atoms in total. The predicted octanol–water partition coefficient (Wildman–Crippen LogP) is 2.75. The molecule has 0 atom stereocenters. The molecule has 0 unspecified atom stereocenters. The Hall–Kier alpha value is -2.63. The molecular formula is C16H20N4O2. The molecule has 2 rings (SSSR count). The average molecular weight is 300 g/mol. The molecule has 0 saturated heterocycles. The Bertz CT molecular complexity index is 664. The molecule has 0 fully saturated rings. The Kier molecular flexibility index (Phi) is 5.71. The number of nitrogens with zero attached hydrogens (tertiary/aromatic N) is 1. The van der Waals surface area contributed by atoms with Crippen LogP contribution in [-0.4, -0.2) is 22.8 Å². The first-order valence-corrected chi connectivity index (χ1v) is 7.39. The van der Waals surface area contributed by atoms with E-state index < -0.39 is 0 Å². The van der Waals surface area contributed by atoms with Crippen LogP contribution in [0, 0.1) is 0 Å². The van der Waals surface area contributed by atoms with Crippen molar-refractivity contribution in [2.45, 2.75) is 26.2 Å². The highest BCUT2D eigenvalue weighted by molar-refractivity contribution is 5.89. The largest absolute Gasteiger partial charge is 0.338 e. The van der Waals surface area contributed by atoms with Gasteiger partial charge in [-0.25, -0.2) is 9.89 Å². The summed E-state index contributed by atoms with van der Waals surface area (Å²) in [7, 11) is 0. The van der Waals surface area contributed by atoms with Crippen LogP contribution in [0.5, 0.6) is 0 Å². The van der Waals surface area contributed by atoms with Gasteiger partial charge in [-0.2, -0.15) is 5.10 Å². The van der Waals surface area contributed by atoms with Crippen LogP contribution >= 0.6 is 0 Å². The van der Waals surface area contributed by atoms with Crippen LogP contribution in [-0.2, 0) is 0 Å². The highest BCUT2D eigenvalue weighted by atomic mass is 16.2. The number of H-pyrrole nitrogens is 1. The van der Waals surface area contributed by atoms with Crippen molar-refractivity contribution >= 4 is 11.7 Å². The van der Waals surface area contributed by atoms with Crippen LogP contribution in [0.4, 0.5) is 10.5 Å². The van der Waals surface area contributed by atoms with Gasteiger partial charge in [0, 0.05) is 23.9 Å². The second-order valence-corrected chi connectivity index (χ2v) is 5.00. The van der Waals surface area contributed by atoms with Gasteiger partial charge in [0.25, 0.3) is 5.56 Å². The molecule has 1 aromatic carbocycles. The third-order valence-electron chi connectivity index (χ3n) is 3.21. The Morgan fingerprint density at radius 2 is 1.95 bits per heavy atom. The van der Waals surface area contributed by atoms with Gasteiger partial charge in [-0.3, -0.25) is 4.79 Å². The molecule has 0 aliphatic carbocycles. The number of hydrogen-bond acceptors (Lipinski definition) is 3. The number of urea groups is 1. The number of amides is 2. The number of benzene rings is 1. The Morgan fingerprint density at radius 3 is 2.64 bits per heavy atom. The molecule has 6 heteroatoms. The van der Waals surface area contributed by atoms with Crippen molar-refractivity contribution in [1.82, 2.24) is 15.5 Å². The number of carbonyl (C=O) groups excluding carboxylic acids is 1. The van der Waals surface area contributed by atoms with Crippen molar-refractivity contribution in [3.8, 4) is 11.1 Å². The maximum Gasteiger partial charge on any atom is 0.319 e. The second-order valence-electron chi connectivity index (χ2n) is 5.00. The highest BCUT2D eigenvalue weighted by Gasteiger charge is 2.02. The summed E-state index contributed by atoms with van der Waals surface area (Å²) in [6.45, 7) is 2.80. The number of nitrogens with one attached hydrogen (secondary N) is 3. The molecule has 0 spiro atoms. The summed E-state index contributed by atoms with van der Waals surface area (Å²) >= 11 is 0. The summed E-state index contributed by atoms with van der Waals surface area (Å²) in [4.78, 5) is 22.9. The van der Waals surface area contributed by atoms with E-state index in [1.807, 2.05) is 12.1 Å². The van der Waals surface area contributed by atoms with E-state index in [-0.39, 0.29) is 11.6 Å². The van der Waals surface area contributed by atoms with Crippen LogP contribution in [0.25, 0.3) is 11.1 Å². The number of carbonyl (C=O) groups is 1. The molecule has 0 aliphatic heterocycles. The van der Waals surface area contributed by atoms with Gasteiger partial charge in [0.1, 0.15) is 0 Å². The minimum absolute atomic E-state index is 0.207. The van der Waals surface area contributed by atoms with Crippen molar-refractivity contribution < 1.29 is 4.79 Å². The smallest absolute Gasteiger partial charge is 0.319 e. The molecule has 0 bridgehead atoms. The maximum absolute atomic E-state index is 11.7. The molecule has 1 heterocycles. The third-order valence-corrected chi connectivity index (χ3v) is 3.21. The fraction of sp³-hybridized carbons (Fsp3) is 0.312. The third kappa shape index (κ3) is 4.73. The normalized spacial score (nSPS) is 10.2. The Balaban J connectivity index is 1.92. The molecule has 1 aromatic heterocycles. The first kappa shape index (κ1) is 15.8. The zero-order valence-electron chi connectivity index (χ0n) is 12.6. The molecule has 22 heavy (non-hydrogen) atoms. The Morgan fingerprint density at radius 1 is 1.18 bits per heavy atom. The lowest BCUT2D eigenvalue weighted by atomic mass is 10.1. The van der Waals surface area contributed by atoms with Gasteiger partial charge in [0.15, 0.2) is 0 Å². The van der Waals surface area contributed by atoms with Crippen LogP contribution in [0.15, 0.2) is 41.3 Å². The van der Waals surface area contributed by atoms with E-state index in [9.17, 15) is 9.59 Å².